The Hall–Kier alpha value is -1.02. The second-order valence-electron chi connectivity index (χ2n) is 6.72. The average Bonchev–Trinajstić information content (AvgIpc) is 2.55. The molecule has 2 heteroatoms. The van der Waals surface area contributed by atoms with Crippen LogP contribution in [-0.4, -0.2) is 18.8 Å². The van der Waals surface area contributed by atoms with E-state index in [0.29, 0.717) is 17.6 Å². The van der Waals surface area contributed by atoms with Gasteiger partial charge < -0.3 is 10.1 Å². The lowest BCUT2D eigenvalue weighted by molar-refractivity contribution is -0.134. The van der Waals surface area contributed by atoms with Crippen LogP contribution in [0.5, 0.6) is 0 Å². The highest BCUT2D eigenvalue weighted by Gasteiger charge is 2.55. The molecular formula is C19H29NO. The van der Waals surface area contributed by atoms with Gasteiger partial charge in [0.2, 0.25) is 0 Å². The molecule has 1 spiro atoms. The minimum atomic E-state index is 0.399. The normalized spacial score (nSPS) is 27.3. The summed E-state index contributed by atoms with van der Waals surface area (Å²) in [7, 11) is 0. The van der Waals surface area contributed by atoms with Crippen molar-refractivity contribution < 1.29 is 4.74 Å². The van der Waals surface area contributed by atoms with Gasteiger partial charge in [0.15, 0.2) is 0 Å². The van der Waals surface area contributed by atoms with Crippen LogP contribution in [0.3, 0.4) is 0 Å². The van der Waals surface area contributed by atoms with Gasteiger partial charge in [-0.2, -0.15) is 0 Å². The van der Waals surface area contributed by atoms with Crippen molar-refractivity contribution in [3.8, 4) is 0 Å². The summed E-state index contributed by atoms with van der Waals surface area (Å²) in [5, 5.41) is 3.82. The summed E-state index contributed by atoms with van der Waals surface area (Å²) in [5.41, 5.74) is 3.11. The van der Waals surface area contributed by atoms with Crippen molar-refractivity contribution in [2.45, 2.75) is 70.9 Å². The van der Waals surface area contributed by atoms with Gasteiger partial charge in [-0.05, 0) is 50.3 Å². The summed E-state index contributed by atoms with van der Waals surface area (Å²) >= 11 is 0. The average molecular weight is 287 g/mol. The van der Waals surface area contributed by atoms with Gasteiger partial charge in [0, 0.05) is 23.8 Å². The van der Waals surface area contributed by atoms with Crippen LogP contribution in [0, 0.1) is 5.41 Å². The highest BCUT2D eigenvalue weighted by atomic mass is 16.5. The molecule has 3 rings (SSSR count). The van der Waals surface area contributed by atoms with Crippen LogP contribution in [0.25, 0.3) is 0 Å². The smallest absolute Gasteiger partial charge is 0.0670 e. The zero-order chi connectivity index (χ0) is 14.7. The predicted octanol–water partition coefficient (Wildman–Crippen LogP) is 4.79. The molecule has 0 aromatic heterocycles. The van der Waals surface area contributed by atoms with Crippen molar-refractivity contribution in [2.75, 3.05) is 11.9 Å². The van der Waals surface area contributed by atoms with Gasteiger partial charge in [-0.25, -0.2) is 0 Å². The van der Waals surface area contributed by atoms with E-state index in [-0.39, 0.29) is 0 Å². The molecule has 2 fully saturated rings. The quantitative estimate of drug-likeness (QED) is 0.840. The van der Waals surface area contributed by atoms with Crippen LogP contribution < -0.4 is 5.32 Å². The molecule has 0 amide bonds. The second-order valence-corrected chi connectivity index (χ2v) is 6.72. The van der Waals surface area contributed by atoms with E-state index in [9.17, 15) is 0 Å². The predicted molar refractivity (Wildman–Crippen MR) is 88.8 cm³/mol. The zero-order valence-electron chi connectivity index (χ0n) is 13.5. The van der Waals surface area contributed by atoms with Gasteiger partial charge in [-0.15, -0.1) is 0 Å². The van der Waals surface area contributed by atoms with Crippen LogP contribution in [0.15, 0.2) is 24.3 Å². The first-order chi connectivity index (χ1) is 10.3. The topological polar surface area (TPSA) is 21.3 Å². The standard InChI is InChI=1S/C19H29NO/c1-3-15-9-8-10-16(13-15)20-17-14-18(21-4-2)19(17)11-6-5-7-12-19/h8-10,13,17-18,20H,3-7,11-12,14H2,1-2H3. The Morgan fingerprint density at radius 2 is 2.00 bits per heavy atom. The Bertz CT molecular complexity index is 464. The Kier molecular flexibility index (Phi) is 4.54. The number of benzene rings is 1. The highest BCUT2D eigenvalue weighted by molar-refractivity contribution is 5.48. The molecule has 1 aromatic rings. The first-order valence-electron chi connectivity index (χ1n) is 8.75. The van der Waals surface area contributed by atoms with Gasteiger partial charge in [-0.3, -0.25) is 0 Å². The molecular weight excluding hydrogens is 258 g/mol. The zero-order valence-corrected chi connectivity index (χ0v) is 13.5. The summed E-state index contributed by atoms with van der Waals surface area (Å²) in [6.07, 6.45) is 9.57. The molecule has 0 saturated heterocycles. The molecule has 2 aliphatic rings. The fourth-order valence-corrected chi connectivity index (χ4v) is 4.35. The maximum Gasteiger partial charge on any atom is 0.0670 e. The third kappa shape index (κ3) is 2.83. The first-order valence-corrected chi connectivity index (χ1v) is 8.75. The largest absolute Gasteiger partial charge is 0.382 e. The highest BCUT2D eigenvalue weighted by Crippen LogP contribution is 2.54. The molecule has 1 aromatic carbocycles. The van der Waals surface area contributed by atoms with E-state index in [2.05, 4.69) is 43.4 Å². The fourth-order valence-electron chi connectivity index (χ4n) is 4.35. The number of hydrogen-bond acceptors (Lipinski definition) is 2. The lowest BCUT2D eigenvalue weighted by Gasteiger charge is -2.58. The molecule has 1 N–H and O–H groups in total. The van der Waals surface area contributed by atoms with Gasteiger partial charge in [0.1, 0.15) is 0 Å². The van der Waals surface area contributed by atoms with E-state index < -0.39 is 0 Å². The Morgan fingerprint density at radius 3 is 2.71 bits per heavy atom. The number of aryl methyl sites for hydroxylation is 1. The van der Waals surface area contributed by atoms with Crippen LogP contribution in [0.1, 0.15) is 57.9 Å². The summed E-state index contributed by atoms with van der Waals surface area (Å²) in [6, 6.07) is 9.51. The fraction of sp³-hybridized carbons (Fsp3) is 0.684. The monoisotopic (exact) mass is 287 g/mol. The number of anilines is 1. The van der Waals surface area contributed by atoms with E-state index in [0.717, 1.165) is 13.0 Å². The van der Waals surface area contributed by atoms with Gasteiger partial charge >= 0.3 is 0 Å². The molecule has 2 aliphatic carbocycles. The SMILES string of the molecule is CCOC1CC(Nc2cccc(CC)c2)C12CCCCC2. The van der Waals surface area contributed by atoms with E-state index in [1.165, 1.54) is 49.8 Å². The summed E-state index contributed by atoms with van der Waals surface area (Å²) in [4.78, 5) is 0. The third-order valence-electron chi connectivity index (χ3n) is 5.61. The number of nitrogens with one attached hydrogen (secondary N) is 1. The van der Waals surface area contributed by atoms with E-state index in [4.69, 9.17) is 4.74 Å². The van der Waals surface area contributed by atoms with Crippen LogP contribution in [0.4, 0.5) is 5.69 Å². The van der Waals surface area contributed by atoms with Gasteiger partial charge in [-0.1, -0.05) is 38.3 Å². The second kappa shape index (κ2) is 6.39. The van der Waals surface area contributed by atoms with Crippen LogP contribution in [-0.2, 0) is 11.2 Å². The van der Waals surface area contributed by atoms with Crippen LogP contribution >= 0.6 is 0 Å². The van der Waals surface area contributed by atoms with Crippen LogP contribution in [0.2, 0.25) is 0 Å². The van der Waals surface area contributed by atoms with Crippen molar-refractivity contribution in [3.05, 3.63) is 29.8 Å². The molecule has 2 unspecified atom stereocenters. The molecule has 0 radical (unpaired) electrons. The number of rotatable bonds is 5. The Labute approximate surface area is 129 Å². The van der Waals surface area contributed by atoms with Crippen molar-refractivity contribution >= 4 is 5.69 Å². The molecule has 2 saturated carbocycles. The van der Waals surface area contributed by atoms with Crippen molar-refractivity contribution in [2.24, 2.45) is 5.41 Å². The molecule has 0 aliphatic heterocycles. The van der Waals surface area contributed by atoms with Gasteiger partial charge in [0.05, 0.1) is 6.10 Å². The maximum absolute atomic E-state index is 6.04. The Morgan fingerprint density at radius 1 is 1.19 bits per heavy atom. The summed E-state index contributed by atoms with van der Waals surface area (Å²) in [6.45, 7) is 5.20. The summed E-state index contributed by atoms with van der Waals surface area (Å²) in [5.74, 6) is 0. The Balaban J connectivity index is 1.72. The molecule has 0 heterocycles. The minimum absolute atomic E-state index is 0.399. The van der Waals surface area contributed by atoms with E-state index >= 15 is 0 Å². The molecule has 21 heavy (non-hydrogen) atoms. The van der Waals surface area contributed by atoms with Crippen molar-refractivity contribution in [3.63, 3.8) is 0 Å². The number of hydrogen-bond donors (Lipinski definition) is 1. The molecule has 0 bridgehead atoms. The third-order valence-corrected chi connectivity index (χ3v) is 5.61. The molecule has 2 nitrogen and oxygen atoms in total. The minimum Gasteiger partial charge on any atom is -0.382 e. The lowest BCUT2D eigenvalue weighted by atomic mass is 9.55. The summed E-state index contributed by atoms with van der Waals surface area (Å²) < 4.78 is 6.04. The first kappa shape index (κ1) is 14.9. The van der Waals surface area contributed by atoms with Crippen molar-refractivity contribution in [1.82, 2.24) is 0 Å². The maximum atomic E-state index is 6.04. The lowest BCUT2D eigenvalue weighted by Crippen LogP contribution is -2.62. The number of ether oxygens (including phenoxy) is 1. The van der Waals surface area contributed by atoms with E-state index in [1.807, 2.05) is 0 Å². The van der Waals surface area contributed by atoms with Crippen molar-refractivity contribution in [1.29, 1.82) is 0 Å². The molecule has 116 valence electrons. The van der Waals surface area contributed by atoms with Gasteiger partial charge in [0.25, 0.3) is 0 Å². The molecule has 2 atom stereocenters. The van der Waals surface area contributed by atoms with E-state index in [1.54, 1.807) is 0 Å².